The molecule has 10 aromatic rings. The first-order chi connectivity index (χ1) is 38.9. The molecule has 0 saturated carbocycles. The number of methoxy groups -OCH3 is 3. The Morgan fingerprint density at radius 1 is 0.456 bits per heavy atom. The number of fused-ring (bicyclic) bond motifs is 3. The number of benzene rings is 9. The highest BCUT2D eigenvalue weighted by atomic mass is 16.5. The molecule has 0 aliphatic carbocycles. The van der Waals surface area contributed by atoms with Crippen molar-refractivity contribution in [2.24, 2.45) is 0 Å². The van der Waals surface area contributed by atoms with Gasteiger partial charge in [0.15, 0.2) is 6.10 Å². The van der Waals surface area contributed by atoms with Crippen LogP contribution in [-0.4, -0.2) is 33.2 Å². The molecule has 396 valence electrons. The van der Waals surface area contributed by atoms with Crippen molar-refractivity contribution in [3.05, 3.63) is 262 Å². The molecule has 11 heteroatoms. The van der Waals surface area contributed by atoms with Crippen molar-refractivity contribution in [1.82, 2.24) is 0 Å². The number of hydrogen-bond acceptors (Lipinski definition) is 11. The molecule has 2 atom stereocenters. The van der Waals surface area contributed by atoms with E-state index >= 15 is 4.79 Å². The molecule has 0 amide bonds. The van der Waals surface area contributed by atoms with E-state index in [4.69, 9.17) is 47.0 Å². The van der Waals surface area contributed by atoms with E-state index in [1.54, 1.807) is 33.5 Å². The van der Waals surface area contributed by atoms with Gasteiger partial charge in [0.25, 0.3) is 0 Å². The molecule has 79 heavy (non-hydrogen) atoms. The van der Waals surface area contributed by atoms with E-state index in [2.05, 4.69) is 0 Å². The van der Waals surface area contributed by atoms with Gasteiger partial charge in [-0.1, -0.05) is 146 Å². The number of ether oxygens (including phenoxy) is 9. The fourth-order valence-corrected chi connectivity index (χ4v) is 9.71. The van der Waals surface area contributed by atoms with E-state index in [1.165, 1.54) is 0 Å². The first kappa shape index (κ1) is 51.6. The van der Waals surface area contributed by atoms with Crippen LogP contribution < -0.4 is 37.9 Å². The van der Waals surface area contributed by atoms with Gasteiger partial charge in [-0.2, -0.15) is 0 Å². The van der Waals surface area contributed by atoms with E-state index < -0.39 is 18.0 Å². The van der Waals surface area contributed by atoms with Crippen molar-refractivity contribution in [2.45, 2.75) is 51.7 Å². The largest absolute Gasteiger partial charge is 0.497 e. The smallest absolute Gasteiger partial charge is 0.205 e. The van der Waals surface area contributed by atoms with Crippen LogP contribution in [0.2, 0.25) is 0 Å². The van der Waals surface area contributed by atoms with Gasteiger partial charge in [-0.3, -0.25) is 4.79 Å². The molecule has 2 heterocycles. The van der Waals surface area contributed by atoms with Gasteiger partial charge in [-0.05, 0) is 81.9 Å². The standard InChI is InChI=1S/C68H58O11/c1-70-52-30-24-49(25-31-52)44-77-61-38-56-57(72-3)39-60-63(68(56)79-66(61)50-26-32-53(71-2)33-27-50)64(67(78-60)51-28-34-54(35-29-51)73-40-45-16-8-4-9-17-45)65(69)62-58(75-42-47-20-12-6-13-21-47)36-55(74-41-46-18-10-5-11-19-46)37-59(62)76-43-48-22-14-7-15-23-48/h4-37,39,61,66H,38,40-44H2,1-3H3/t61-,66+/m0/s1. The minimum absolute atomic E-state index is 0.141. The second-order valence-electron chi connectivity index (χ2n) is 19.0. The summed E-state index contributed by atoms with van der Waals surface area (Å²) >= 11 is 0. The molecule has 0 bridgehead atoms. The van der Waals surface area contributed by atoms with Crippen LogP contribution in [0.5, 0.6) is 46.0 Å². The maximum absolute atomic E-state index is 16.6. The molecule has 11 nitrogen and oxygen atoms in total. The lowest BCUT2D eigenvalue weighted by molar-refractivity contribution is -0.0458. The van der Waals surface area contributed by atoms with Gasteiger partial charge in [-0.15, -0.1) is 0 Å². The minimum atomic E-state index is -0.662. The van der Waals surface area contributed by atoms with Crippen molar-refractivity contribution in [3.63, 3.8) is 0 Å². The summed E-state index contributed by atoms with van der Waals surface area (Å²) < 4.78 is 64.7. The summed E-state index contributed by atoms with van der Waals surface area (Å²) in [7, 11) is 4.89. The Morgan fingerprint density at radius 2 is 0.924 bits per heavy atom. The van der Waals surface area contributed by atoms with Crippen LogP contribution in [0.15, 0.2) is 217 Å². The third-order valence-corrected chi connectivity index (χ3v) is 13.9. The number of carbonyl (C=O) groups excluding carboxylic acids is 1. The van der Waals surface area contributed by atoms with Gasteiger partial charge in [0, 0.05) is 35.7 Å². The van der Waals surface area contributed by atoms with Crippen LogP contribution in [0.1, 0.15) is 61.0 Å². The van der Waals surface area contributed by atoms with Crippen molar-refractivity contribution in [1.29, 1.82) is 0 Å². The first-order valence-corrected chi connectivity index (χ1v) is 26.1. The Balaban J connectivity index is 1.09. The normalized spacial score (nSPS) is 13.7. The molecule has 0 saturated heterocycles. The number of ketones is 1. The quantitative estimate of drug-likeness (QED) is 0.0605. The van der Waals surface area contributed by atoms with Gasteiger partial charge in [0.05, 0.1) is 38.9 Å². The summed E-state index contributed by atoms with van der Waals surface area (Å²) in [5.41, 5.74) is 7.67. The molecule has 0 spiro atoms. The van der Waals surface area contributed by atoms with Crippen molar-refractivity contribution >= 4 is 16.8 Å². The number of hydrogen-bond donors (Lipinski definition) is 0. The van der Waals surface area contributed by atoms with Gasteiger partial charge in [-0.25, -0.2) is 0 Å². The van der Waals surface area contributed by atoms with Crippen LogP contribution in [0, 0.1) is 0 Å². The van der Waals surface area contributed by atoms with Gasteiger partial charge >= 0.3 is 0 Å². The van der Waals surface area contributed by atoms with Gasteiger partial charge in [0.1, 0.15) is 95.4 Å². The van der Waals surface area contributed by atoms with Crippen molar-refractivity contribution in [3.8, 4) is 57.3 Å². The van der Waals surface area contributed by atoms with E-state index in [0.29, 0.717) is 69.6 Å². The maximum atomic E-state index is 16.6. The monoisotopic (exact) mass is 1050 g/mol. The van der Waals surface area contributed by atoms with Crippen LogP contribution in [-0.2, 0) is 44.2 Å². The topological polar surface area (TPSA) is 113 Å². The van der Waals surface area contributed by atoms with E-state index in [9.17, 15) is 0 Å². The minimum Gasteiger partial charge on any atom is -0.497 e. The lowest BCUT2D eigenvalue weighted by Crippen LogP contribution is -2.33. The zero-order valence-electron chi connectivity index (χ0n) is 44.1. The van der Waals surface area contributed by atoms with Crippen LogP contribution in [0.3, 0.4) is 0 Å². The first-order valence-electron chi connectivity index (χ1n) is 26.1. The summed E-state index contributed by atoms with van der Waals surface area (Å²) in [6.07, 6.45) is -0.819. The summed E-state index contributed by atoms with van der Waals surface area (Å²) in [5, 5.41) is 0.444. The lowest BCUT2D eigenvalue weighted by Gasteiger charge is -2.35. The fraction of sp³-hybridized carbons (Fsp3) is 0.162. The van der Waals surface area contributed by atoms with Crippen LogP contribution in [0.4, 0.5) is 0 Å². The van der Waals surface area contributed by atoms with Crippen molar-refractivity contribution in [2.75, 3.05) is 21.3 Å². The molecule has 11 rings (SSSR count). The molecule has 0 N–H and O–H groups in total. The molecule has 0 fully saturated rings. The average Bonchev–Trinajstić information content (AvgIpc) is 4.18. The summed E-state index contributed by atoms with van der Waals surface area (Å²) in [6, 6.07) is 67.9. The third-order valence-electron chi connectivity index (χ3n) is 13.9. The molecule has 1 aromatic heterocycles. The Morgan fingerprint density at radius 3 is 1.43 bits per heavy atom. The van der Waals surface area contributed by atoms with E-state index in [0.717, 1.165) is 39.1 Å². The Labute approximate surface area is 459 Å². The van der Waals surface area contributed by atoms with Gasteiger partial charge in [0.2, 0.25) is 5.78 Å². The zero-order chi connectivity index (χ0) is 53.9. The molecule has 1 aliphatic heterocycles. The molecular weight excluding hydrogens is 993 g/mol. The Kier molecular flexibility index (Phi) is 15.9. The summed E-state index contributed by atoms with van der Waals surface area (Å²) in [6.45, 7) is 1.21. The number of carbonyl (C=O) groups is 1. The Bertz CT molecular complexity index is 3560. The highest BCUT2D eigenvalue weighted by Crippen LogP contribution is 2.51. The fourth-order valence-electron chi connectivity index (χ4n) is 9.71. The highest BCUT2D eigenvalue weighted by Gasteiger charge is 2.39. The van der Waals surface area contributed by atoms with Crippen LogP contribution >= 0.6 is 0 Å². The summed E-state index contributed by atoms with van der Waals surface area (Å²) in [4.78, 5) is 16.6. The predicted octanol–water partition coefficient (Wildman–Crippen LogP) is 14.9. The van der Waals surface area contributed by atoms with Crippen LogP contribution in [0.25, 0.3) is 22.3 Å². The SMILES string of the molecule is COc1ccc(CO[C@H]2Cc3c(OC)cc4oc(-c5ccc(OCc6ccccc6)cc5)c(C(=O)c5c(OCc6ccccc6)cc(OCc6ccccc6)cc5OCc5ccccc5)c4c3O[C@@H]2c2ccc(OC)cc2)cc1. The second kappa shape index (κ2) is 24.3. The van der Waals surface area contributed by atoms with Gasteiger partial charge < -0.3 is 47.0 Å². The number of rotatable bonds is 22. The van der Waals surface area contributed by atoms with E-state index in [1.807, 2.05) is 200 Å². The number of furan rings is 1. The average molecular weight is 1050 g/mol. The summed E-state index contributed by atoms with van der Waals surface area (Å²) in [5.74, 6) is 3.81. The molecule has 9 aromatic carbocycles. The zero-order valence-corrected chi connectivity index (χ0v) is 44.1. The molecular formula is C68H58O11. The molecule has 1 aliphatic rings. The lowest BCUT2D eigenvalue weighted by atomic mass is 9.90. The van der Waals surface area contributed by atoms with Crippen molar-refractivity contribution < 1.29 is 51.8 Å². The maximum Gasteiger partial charge on any atom is 0.205 e. The Hall–Kier alpha value is -9.45. The third kappa shape index (κ3) is 11.9. The van der Waals surface area contributed by atoms with E-state index in [-0.39, 0.29) is 49.1 Å². The second-order valence-corrected chi connectivity index (χ2v) is 19.0. The molecule has 0 radical (unpaired) electrons. The molecule has 0 unspecified atom stereocenters. The highest BCUT2D eigenvalue weighted by molar-refractivity contribution is 6.23. The predicted molar refractivity (Wildman–Crippen MR) is 303 cm³/mol.